The molecule has 0 aromatic heterocycles. The number of benzene rings is 3. The van der Waals surface area contributed by atoms with Gasteiger partial charge in [-0.05, 0) is 65.6 Å². The van der Waals surface area contributed by atoms with Gasteiger partial charge in [-0.3, -0.25) is 0 Å². The molecule has 3 rings (SSSR count). The molecule has 0 saturated heterocycles. The Morgan fingerprint density at radius 1 is 0.630 bits per heavy atom. The molecule has 0 spiro atoms. The van der Waals surface area contributed by atoms with Crippen molar-refractivity contribution in [3.05, 3.63) is 72.3 Å². The fraction of sp³-hybridized carbons (Fsp3) is 0.167. The van der Waals surface area contributed by atoms with E-state index in [0.29, 0.717) is 0 Å². The van der Waals surface area contributed by atoms with Gasteiger partial charge in [0.15, 0.2) is 0 Å². The Balaban J connectivity index is 2.23. The van der Waals surface area contributed by atoms with Crippen LogP contribution in [0.1, 0.15) is 12.5 Å². The molecule has 0 aliphatic carbocycles. The van der Waals surface area contributed by atoms with Crippen molar-refractivity contribution in [3.8, 4) is 39.5 Å². The van der Waals surface area contributed by atoms with Crippen LogP contribution < -0.4 is 14.2 Å². The van der Waals surface area contributed by atoms with E-state index in [1.165, 1.54) is 0 Å². The molecule has 27 heavy (non-hydrogen) atoms. The van der Waals surface area contributed by atoms with Crippen molar-refractivity contribution in [2.75, 3.05) is 21.3 Å². The monoisotopic (exact) mass is 360 g/mol. The van der Waals surface area contributed by atoms with E-state index in [1.807, 2.05) is 37.3 Å². The summed E-state index contributed by atoms with van der Waals surface area (Å²) in [7, 11) is 5.05. The Hall–Kier alpha value is -3.20. The minimum Gasteiger partial charge on any atom is -0.497 e. The zero-order chi connectivity index (χ0) is 19.2. The number of rotatable bonds is 6. The van der Waals surface area contributed by atoms with Gasteiger partial charge in [0.25, 0.3) is 0 Å². The molecule has 0 atom stereocenters. The molecule has 3 heteroatoms. The van der Waals surface area contributed by atoms with Crippen molar-refractivity contribution in [2.45, 2.75) is 6.92 Å². The number of allylic oxidation sites excluding steroid dienone is 1. The molecule has 0 heterocycles. The van der Waals surface area contributed by atoms with Crippen LogP contribution >= 0.6 is 0 Å². The second-order valence-electron chi connectivity index (χ2n) is 6.10. The van der Waals surface area contributed by atoms with E-state index >= 15 is 0 Å². The lowest BCUT2D eigenvalue weighted by molar-refractivity contribution is 0.413. The minimum atomic E-state index is 0.806. The van der Waals surface area contributed by atoms with Crippen LogP contribution in [0.2, 0.25) is 0 Å². The molecule has 0 unspecified atom stereocenters. The third-order valence-electron chi connectivity index (χ3n) is 4.50. The largest absolute Gasteiger partial charge is 0.497 e. The van der Waals surface area contributed by atoms with E-state index in [0.717, 1.165) is 45.1 Å². The van der Waals surface area contributed by atoms with E-state index in [9.17, 15) is 0 Å². The third-order valence-corrected chi connectivity index (χ3v) is 4.50. The van der Waals surface area contributed by atoms with Crippen molar-refractivity contribution in [3.63, 3.8) is 0 Å². The topological polar surface area (TPSA) is 27.7 Å². The SMILES string of the molecule is C/C=C/c1ccc(OC)c(-c2cc(OC)ccc2-c2ccc(OC)cc2)c1. The van der Waals surface area contributed by atoms with Gasteiger partial charge < -0.3 is 14.2 Å². The lowest BCUT2D eigenvalue weighted by Gasteiger charge is -2.16. The van der Waals surface area contributed by atoms with Gasteiger partial charge in [0, 0.05) is 5.56 Å². The van der Waals surface area contributed by atoms with Crippen molar-refractivity contribution >= 4 is 6.08 Å². The van der Waals surface area contributed by atoms with Crippen LogP contribution in [-0.4, -0.2) is 21.3 Å². The third kappa shape index (κ3) is 3.98. The average Bonchev–Trinajstić information content (AvgIpc) is 2.73. The van der Waals surface area contributed by atoms with Crippen molar-refractivity contribution in [1.82, 2.24) is 0 Å². The van der Waals surface area contributed by atoms with Gasteiger partial charge in [-0.1, -0.05) is 36.4 Å². The van der Waals surface area contributed by atoms with Crippen LogP contribution in [0, 0.1) is 0 Å². The van der Waals surface area contributed by atoms with Crippen LogP contribution in [0.25, 0.3) is 28.3 Å². The molecule has 0 saturated carbocycles. The Labute approximate surface area is 160 Å². The minimum absolute atomic E-state index is 0.806. The summed E-state index contributed by atoms with van der Waals surface area (Å²) in [4.78, 5) is 0. The first-order chi connectivity index (χ1) is 13.2. The molecular formula is C24H24O3. The van der Waals surface area contributed by atoms with E-state index < -0.39 is 0 Å². The number of ether oxygens (including phenoxy) is 3. The highest BCUT2D eigenvalue weighted by atomic mass is 16.5. The lowest BCUT2D eigenvalue weighted by atomic mass is 9.92. The van der Waals surface area contributed by atoms with Crippen molar-refractivity contribution < 1.29 is 14.2 Å². The van der Waals surface area contributed by atoms with E-state index in [1.54, 1.807) is 21.3 Å². The number of hydrogen-bond donors (Lipinski definition) is 0. The second-order valence-corrected chi connectivity index (χ2v) is 6.10. The molecule has 0 fully saturated rings. The van der Waals surface area contributed by atoms with Crippen molar-refractivity contribution in [2.24, 2.45) is 0 Å². The fourth-order valence-electron chi connectivity index (χ4n) is 3.13. The average molecular weight is 360 g/mol. The summed E-state index contributed by atoms with van der Waals surface area (Å²) in [5.74, 6) is 2.47. The summed E-state index contributed by atoms with van der Waals surface area (Å²) in [5, 5.41) is 0. The number of methoxy groups -OCH3 is 3. The summed E-state index contributed by atoms with van der Waals surface area (Å²) >= 11 is 0. The van der Waals surface area contributed by atoms with Crippen LogP contribution in [-0.2, 0) is 0 Å². The van der Waals surface area contributed by atoms with E-state index in [-0.39, 0.29) is 0 Å². The van der Waals surface area contributed by atoms with Crippen LogP contribution in [0.4, 0.5) is 0 Å². The van der Waals surface area contributed by atoms with Gasteiger partial charge in [0.1, 0.15) is 17.2 Å². The second kappa shape index (κ2) is 8.45. The maximum absolute atomic E-state index is 5.65. The summed E-state index contributed by atoms with van der Waals surface area (Å²) < 4.78 is 16.4. The number of hydrogen-bond acceptors (Lipinski definition) is 3. The molecule has 0 bridgehead atoms. The summed E-state index contributed by atoms with van der Waals surface area (Å²) in [6, 6.07) is 20.4. The summed E-state index contributed by atoms with van der Waals surface area (Å²) in [6.45, 7) is 2.01. The van der Waals surface area contributed by atoms with Gasteiger partial charge in [0.2, 0.25) is 0 Å². The quantitative estimate of drug-likeness (QED) is 0.533. The van der Waals surface area contributed by atoms with Gasteiger partial charge in [0.05, 0.1) is 21.3 Å². The first kappa shape index (κ1) is 18.6. The molecule has 3 aromatic carbocycles. The summed E-state index contributed by atoms with van der Waals surface area (Å²) in [5.41, 5.74) is 5.42. The normalized spacial score (nSPS) is 10.8. The zero-order valence-corrected chi connectivity index (χ0v) is 16.2. The molecule has 3 aromatic rings. The molecule has 0 N–H and O–H groups in total. The first-order valence-electron chi connectivity index (χ1n) is 8.83. The molecule has 3 nitrogen and oxygen atoms in total. The lowest BCUT2D eigenvalue weighted by Crippen LogP contribution is -1.93. The predicted octanol–water partition coefficient (Wildman–Crippen LogP) is 6.08. The highest BCUT2D eigenvalue weighted by Crippen LogP contribution is 2.40. The van der Waals surface area contributed by atoms with Gasteiger partial charge in [-0.2, -0.15) is 0 Å². The highest BCUT2D eigenvalue weighted by Gasteiger charge is 2.14. The van der Waals surface area contributed by atoms with Crippen LogP contribution in [0.3, 0.4) is 0 Å². The molecular weight excluding hydrogens is 336 g/mol. The zero-order valence-electron chi connectivity index (χ0n) is 16.2. The molecule has 0 radical (unpaired) electrons. The fourth-order valence-corrected chi connectivity index (χ4v) is 3.13. The maximum Gasteiger partial charge on any atom is 0.126 e. The van der Waals surface area contributed by atoms with Crippen LogP contribution in [0.5, 0.6) is 17.2 Å². The standard InChI is InChI=1S/C24H24O3/c1-5-6-17-7-14-24(27-4)23(15-17)22-16-20(26-3)12-13-21(22)18-8-10-19(25-2)11-9-18/h5-16H,1-4H3/b6-5+. The van der Waals surface area contributed by atoms with Gasteiger partial charge in [-0.25, -0.2) is 0 Å². The summed E-state index contributed by atoms with van der Waals surface area (Å²) in [6.07, 6.45) is 4.11. The predicted molar refractivity (Wildman–Crippen MR) is 112 cm³/mol. The van der Waals surface area contributed by atoms with Gasteiger partial charge >= 0.3 is 0 Å². The highest BCUT2D eigenvalue weighted by molar-refractivity contribution is 5.88. The first-order valence-corrected chi connectivity index (χ1v) is 8.83. The molecule has 0 aliphatic rings. The van der Waals surface area contributed by atoms with Crippen LogP contribution in [0.15, 0.2) is 66.7 Å². The maximum atomic E-state index is 5.65. The Bertz CT molecular complexity index is 940. The molecule has 0 amide bonds. The molecule has 138 valence electrons. The Kier molecular flexibility index (Phi) is 5.82. The van der Waals surface area contributed by atoms with Gasteiger partial charge in [-0.15, -0.1) is 0 Å². The smallest absolute Gasteiger partial charge is 0.126 e. The van der Waals surface area contributed by atoms with E-state index in [4.69, 9.17) is 14.2 Å². The Morgan fingerprint density at radius 3 is 1.96 bits per heavy atom. The molecule has 0 aliphatic heterocycles. The van der Waals surface area contributed by atoms with E-state index in [2.05, 4.69) is 42.5 Å². The Morgan fingerprint density at radius 2 is 1.33 bits per heavy atom. The van der Waals surface area contributed by atoms with Crippen molar-refractivity contribution in [1.29, 1.82) is 0 Å².